The molecule has 1 nitrogen and oxygen atoms in total. The van der Waals surface area contributed by atoms with Crippen LogP contribution in [0.2, 0.25) is 0 Å². The molecule has 0 aromatic rings. The summed E-state index contributed by atoms with van der Waals surface area (Å²) in [6, 6.07) is 0.888. The Labute approximate surface area is 77.7 Å². The van der Waals surface area contributed by atoms with E-state index in [1.54, 1.807) is 0 Å². The summed E-state index contributed by atoms with van der Waals surface area (Å²) in [5, 5.41) is 0. The van der Waals surface area contributed by atoms with Gasteiger partial charge in [0.15, 0.2) is 0 Å². The van der Waals surface area contributed by atoms with Crippen molar-refractivity contribution in [3.05, 3.63) is 0 Å². The van der Waals surface area contributed by atoms with Crippen LogP contribution in [0, 0.1) is 0 Å². The Morgan fingerprint density at radius 2 is 1.90 bits per heavy atom. The van der Waals surface area contributed by atoms with Crippen molar-refractivity contribution in [3.63, 3.8) is 0 Å². The van der Waals surface area contributed by atoms with E-state index in [4.69, 9.17) is 0 Å². The average Bonchev–Trinajstić information content (AvgIpc) is 2.05. The molecule has 1 saturated carbocycles. The van der Waals surface area contributed by atoms with E-state index in [0.717, 1.165) is 6.04 Å². The molecule has 2 heteroatoms. The zero-order valence-electron chi connectivity index (χ0n) is 6.65. The maximum absolute atomic E-state index is 2.46. The van der Waals surface area contributed by atoms with Crippen molar-refractivity contribution in [1.82, 2.24) is 3.11 Å². The average molecular weight is 253 g/mol. The van der Waals surface area contributed by atoms with E-state index in [2.05, 4.69) is 32.9 Å². The predicted molar refractivity (Wildman–Crippen MR) is 53.3 cm³/mol. The van der Waals surface area contributed by atoms with Crippen LogP contribution in [-0.4, -0.2) is 15.7 Å². The second kappa shape index (κ2) is 4.54. The van der Waals surface area contributed by atoms with Gasteiger partial charge in [-0.3, -0.25) is 0 Å². The Morgan fingerprint density at radius 1 is 1.30 bits per heavy atom. The highest BCUT2D eigenvalue weighted by Crippen LogP contribution is 2.24. The molecule has 1 fully saturated rings. The first kappa shape index (κ1) is 8.78. The molecule has 0 N–H and O–H groups in total. The van der Waals surface area contributed by atoms with Gasteiger partial charge in [0.2, 0.25) is 0 Å². The number of nitrogens with zero attached hydrogens (tertiary/aromatic N) is 1. The van der Waals surface area contributed by atoms with Crippen molar-refractivity contribution in [1.29, 1.82) is 0 Å². The van der Waals surface area contributed by atoms with Gasteiger partial charge >= 0.3 is 0 Å². The maximum atomic E-state index is 2.46. The summed E-state index contributed by atoms with van der Waals surface area (Å²) >= 11 is 2.46. The summed E-state index contributed by atoms with van der Waals surface area (Å²) in [7, 11) is 0. The number of rotatable bonds is 2. The standard InChI is InChI=1S/C8H16IN/c1-2-10(9)8-6-4-3-5-7-8/h8H,2-7H2,1H3. The van der Waals surface area contributed by atoms with Gasteiger partial charge in [0.1, 0.15) is 0 Å². The predicted octanol–water partition coefficient (Wildman–Crippen LogP) is 2.99. The van der Waals surface area contributed by atoms with E-state index in [1.807, 2.05) is 0 Å². The molecule has 10 heavy (non-hydrogen) atoms. The summed E-state index contributed by atoms with van der Waals surface area (Å²) < 4.78 is 2.46. The molecule has 1 rings (SSSR count). The largest absolute Gasteiger partial charge is 0.245 e. The molecular weight excluding hydrogens is 237 g/mol. The molecule has 0 unspecified atom stereocenters. The van der Waals surface area contributed by atoms with Gasteiger partial charge in [-0.2, -0.15) is 0 Å². The second-order valence-electron chi connectivity index (χ2n) is 3.01. The van der Waals surface area contributed by atoms with Gasteiger partial charge < -0.3 is 0 Å². The fourth-order valence-electron chi connectivity index (χ4n) is 1.62. The zero-order valence-corrected chi connectivity index (χ0v) is 8.80. The zero-order chi connectivity index (χ0) is 7.40. The van der Waals surface area contributed by atoms with Crippen LogP contribution < -0.4 is 0 Å². The lowest BCUT2D eigenvalue weighted by Crippen LogP contribution is -2.28. The Morgan fingerprint density at radius 3 is 2.40 bits per heavy atom. The lowest BCUT2D eigenvalue weighted by Gasteiger charge is -2.28. The maximum Gasteiger partial charge on any atom is 0.0204 e. The van der Waals surface area contributed by atoms with Gasteiger partial charge in [-0.15, -0.1) is 0 Å². The van der Waals surface area contributed by atoms with Crippen LogP contribution in [0.1, 0.15) is 39.0 Å². The van der Waals surface area contributed by atoms with Gasteiger partial charge in [0, 0.05) is 35.5 Å². The molecule has 0 aromatic heterocycles. The number of hydrogen-bond acceptors (Lipinski definition) is 1. The minimum absolute atomic E-state index is 0.888. The van der Waals surface area contributed by atoms with Gasteiger partial charge in [0.25, 0.3) is 0 Å². The highest BCUT2D eigenvalue weighted by Gasteiger charge is 2.16. The van der Waals surface area contributed by atoms with Crippen LogP contribution in [-0.2, 0) is 0 Å². The van der Waals surface area contributed by atoms with Crippen LogP contribution in [0.3, 0.4) is 0 Å². The van der Waals surface area contributed by atoms with Gasteiger partial charge in [0.05, 0.1) is 0 Å². The molecule has 0 heterocycles. The third-order valence-corrected chi connectivity index (χ3v) is 3.74. The van der Waals surface area contributed by atoms with Crippen molar-refractivity contribution in [2.24, 2.45) is 0 Å². The highest BCUT2D eigenvalue weighted by atomic mass is 127. The van der Waals surface area contributed by atoms with Crippen LogP contribution >= 0.6 is 22.9 Å². The van der Waals surface area contributed by atoms with E-state index in [9.17, 15) is 0 Å². The summed E-state index contributed by atoms with van der Waals surface area (Å²) in [6.45, 7) is 3.44. The molecule has 60 valence electrons. The summed E-state index contributed by atoms with van der Waals surface area (Å²) in [5.74, 6) is 0. The Kier molecular flexibility index (Phi) is 3.99. The van der Waals surface area contributed by atoms with Crippen molar-refractivity contribution in [3.8, 4) is 0 Å². The molecular formula is C8H16IN. The van der Waals surface area contributed by atoms with Gasteiger partial charge in [-0.25, -0.2) is 3.11 Å². The number of hydrogen-bond donors (Lipinski definition) is 0. The highest BCUT2D eigenvalue weighted by molar-refractivity contribution is 14.1. The minimum atomic E-state index is 0.888. The normalized spacial score (nSPS) is 21.9. The Hall–Kier alpha value is 0.690. The lowest BCUT2D eigenvalue weighted by atomic mass is 9.96. The Bertz CT molecular complexity index is 89.3. The summed E-state index contributed by atoms with van der Waals surface area (Å²) in [5.41, 5.74) is 0. The third-order valence-electron chi connectivity index (χ3n) is 2.27. The van der Waals surface area contributed by atoms with Crippen LogP contribution in [0.25, 0.3) is 0 Å². The first-order valence-corrected chi connectivity index (χ1v) is 5.23. The first-order chi connectivity index (χ1) is 4.84. The Balaban J connectivity index is 2.24. The summed E-state index contributed by atoms with van der Waals surface area (Å²) in [4.78, 5) is 0. The second-order valence-corrected chi connectivity index (χ2v) is 4.25. The van der Waals surface area contributed by atoms with E-state index < -0.39 is 0 Å². The molecule has 0 saturated heterocycles. The molecule has 0 aromatic carbocycles. The smallest absolute Gasteiger partial charge is 0.0204 e. The van der Waals surface area contributed by atoms with Gasteiger partial charge in [-0.05, 0) is 12.8 Å². The molecule has 0 amide bonds. The molecule has 0 aliphatic heterocycles. The summed E-state index contributed by atoms with van der Waals surface area (Å²) in [6.07, 6.45) is 7.21. The van der Waals surface area contributed by atoms with Gasteiger partial charge in [-0.1, -0.05) is 26.2 Å². The SMILES string of the molecule is CCN(I)C1CCCCC1. The van der Waals surface area contributed by atoms with Crippen LogP contribution in [0.15, 0.2) is 0 Å². The topological polar surface area (TPSA) is 3.24 Å². The van der Waals surface area contributed by atoms with Crippen molar-refractivity contribution in [2.45, 2.75) is 45.1 Å². The van der Waals surface area contributed by atoms with Crippen LogP contribution in [0.4, 0.5) is 0 Å². The quantitative estimate of drug-likeness (QED) is 0.540. The monoisotopic (exact) mass is 253 g/mol. The molecule has 0 radical (unpaired) electrons. The minimum Gasteiger partial charge on any atom is -0.245 e. The lowest BCUT2D eigenvalue weighted by molar-refractivity contribution is 0.301. The van der Waals surface area contributed by atoms with Crippen molar-refractivity contribution < 1.29 is 0 Å². The van der Waals surface area contributed by atoms with Crippen molar-refractivity contribution in [2.75, 3.05) is 6.54 Å². The van der Waals surface area contributed by atoms with Crippen LogP contribution in [0.5, 0.6) is 0 Å². The van der Waals surface area contributed by atoms with E-state index >= 15 is 0 Å². The molecule has 0 atom stereocenters. The molecule has 1 aliphatic rings. The first-order valence-electron chi connectivity index (χ1n) is 4.27. The fourth-order valence-corrected chi connectivity index (χ4v) is 2.18. The van der Waals surface area contributed by atoms with Crippen molar-refractivity contribution >= 4 is 22.9 Å². The van der Waals surface area contributed by atoms with E-state index in [1.165, 1.54) is 38.6 Å². The fraction of sp³-hybridized carbons (Fsp3) is 1.00. The third kappa shape index (κ3) is 2.38. The molecule has 0 spiro atoms. The molecule has 1 aliphatic carbocycles. The number of halogens is 1. The van der Waals surface area contributed by atoms with E-state index in [0.29, 0.717) is 0 Å². The van der Waals surface area contributed by atoms with E-state index in [-0.39, 0.29) is 0 Å². The molecule has 0 bridgehead atoms.